The average molecular weight is 495 g/mol. The van der Waals surface area contributed by atoms with E-state index in [2.05, 4.69) is 30.5 Å². The molecule has 0 spiro atoms. The van der Waals surface area contributed by atoms with Crippen LogP contribution in [-0.2, 0) is 19.6 Å². The predicted octanol–water partition coefficient (Wildman–Crippen LogP) is 1.97. The molecule has 5 rings (SSSR count). The van der Waals surface area contributed by atoms with Gasteiger partial charge in [-0.3, -0.25) is 0 Å². The average Bonchev–Trinajstić information content (AvgIpc) is 3.45. The Labute approximate surface area is 223 Å². The van der Waals surface area contributed by atoms with Crippen LogP contribution in [0.15, 0.2) is 48.7 Å². The zero-order chi connectivity index (χ0) is 22.1. The van der Waals surface area contributed by atoms with Gasteiger partial charge in [0.1, 0.15) is 24.0 Å². The summed E-state index contributed by atoms with van der Waals surface area (Å²) in [6.07, 6.45) is 2.54. The SMILES string of the molecule is Fc1cc(Cl)ccc1COc1ccc(Cl)cc1CN1CCc2c(-c3nn[nH]n3)ccnc21.[H-].[Na+]. The van der Waals surface area contributed by atoms with Gasteiger partial charge in [-0.1, -0.05) is 29.3 Å². The molecule has 1 N–H and O–H groups in total. The van der Waals surface area contributed by atoms with Gasteiger partial charge in [0.05, 0.1) is 0 Å². The molecule has 4 aromatic rings. The van der Waals surface area contributed by atoms with Crippen molar-refractivity contribution in [3.05, 3.63) is 81.2 Å². The number of nitrogens with one attached hydrogen (secondary N) is 1. The molecule has 0 aliphatic carbocycles. The van der Waals surface area contributed by atoms with Crippen LogP contribution in [0.4, 0.5) is 10.2 Å². The second-order valence-electron chi connectivity index (χ2n) is 7.34. The van der Waals surface area contributed by atoms with Crippen molar-refractivity contribution in [3.8, 4) is 17.1 Å². The number of fused-ring (bicyclic) bond motifs is 1. The van der Waals surface area contributed by atoms with Crippen molar-refractivity contribution < 1.29 is 40.1 Å². The molecule has 1 aliphatic rings. The van der Waals surface area contributed by atoms with E-state index in [1.807, 2.05) is 12.1 Å². The Bertz CT molecular complexity index is 1280. The maximum absolute atomic E-state index is 14.1. The van der Waals surface area contributed by atoms with Gasteiger partial charge in [-0.25, -0.2) is 9.37 Å². The molecule has 0 fully saturated rings. The van der Waals surface area contributed by atoms with Crippen LogP contribution in [0.3, 0.4) is 0 Å². The van der Waals surface area contributed by atoms with Gasteiger partial charge in [0.15, 0.2) is 0 Å². The summed E-state index contributed by atoms with van der Waals surface area (Å²) in [7, 11) is 0. The van der Waals surface area contributed by atoms with E-state index in [0.717, 1.165) is 35.5 Å². The minimum Gasteiger partial charge on any atom is -1.00 e. The Balaban J connectivity index is 0.00000162. The Morgan fingerprint density at radius 2 is 1.91 bits per heavy atom. The van der Waals surface area contributed by atoms with E-state index in [0.29, 0.717) is 33.7 Å². The number of rotatable bonds is 6. The van der Waals surface area contributed by atoms with Crippen LogP contribution in [0, 0.1) is 5.82 Å². The van der Waals surface area contributed by atoms with Gasteiger partial charge in [-0.2, -0.15) is 5.21 Å². The van der Waals surface area contributed by atoms with Crippen LogP contribution in [0.5, 0.6) is 5.75 Å². The fraction of sp³-hybridized carbons (Fsp3) is 0.182. The number of hydrogen-bond donors (Lipinski definition) is 1. The molecule has 11 heteroatoms. The molecule has 164 valence electrons. The first-order chi connectivity index (χ1) is 15.6. The Morgan fingerprint density at radius 3 is 2.70 bits per heavy atom. The topological polar surface area (TPSA) is 79.8 Å². The zero-order valence-electron chi connectivity index (χ0n) is 18.7. The third-order valence-electron chi connectivity index (χ3n) is 5.33. The first kappa shape index (κ1) is 23.9. The number of anilines is 1. The van der Waals surface area contributed by atoms with Crippen molar-refractivity contribution in [2.24, 2.45) is 0 Å². The number of nitrogens with zero attached hydrogens (tertiary/aromatic N) is 5. The molecule has 0 unspecified atom stereocenters. The number of pyridine rings is 1. The first-order valence-corrected chi connectivity index (χ1v) is 10.7. The summed E-state index contributed by atoms with van der Waals surface area (Å²) in [5.41, 5.74) is 3.29. The van der Waals surface area contributed by atoms with Crippen molar-refractivity contribution in [2.45, 2.75) is 19.6 Å². The molecular weight excluding hydrogens is 477 g/mol. The molecular formula is C22H18Cl2FN6NaO. The van der Waals surface area contributed by atoms with E-state index in [4.69, 9.17) is 27.9 Å². The fourth-order valence-electron chi connectivity index (χ4n) is 3.80. The molecule has 33 heavy (non-hydrogen) atoms. The molecule has 3 heterocycles. The third-order valence-corrected chi connectivity index (χ3v) is 5.80. The summed E-state index contributed by atoms with van der Waals surface area (Å²) in [5, 5.41) is 15.3. The van der Waals surface area contributed by atoms with Crippen LogP contribution >= 0.6 is 23.2 Å². The quantitative estimate of drug-likeness (QED) is 0.413. The molecule has 2 aromatic carbocycles. The maximum Gasteiger partial charge on any atom is 1.00 e. The van der Waals surface area contributed by atoms with E-state index in [1.54, 1.807) is 30.5 Å². The summed E-state index contributed by atoms with van der Waals surface area (Å²) in [6, 6.07) is 11.8. The number of hydrogen-bond acceptors (Lipinski definition) is 6. The zero-order valence-corrected chi connectivity index (χ0v) is 21.2. The van der Waals surface area contributed by atoms with Crippen LogP contribution in [-0.4, -0.2) is 32.2 Å². The second-order valence-corrected chi connectivity index (χ2v) is 8.22. The first-order valence-electron chi connectivity index (χ1n) is 9.90. The van der Waals surface area contributed by atoms with E-state index in [1.165, 1.54) is 6.07 Å². The van der Waals surface area contributed by atoms with E-state index in [9.17, 15) is 4.39 Å². The van der Waals surface area contributed by atoms with Gasteiger partial charge >= 0.3 is 29.6 Å². The number of tetrazole rings is 1. The Morgan fingerprint density at radius 1 is 1.09 bits per heavy atom. The molecule has 0 saturated heterocycles. The number of benzene rings is 2. The number of aromatic amines is 1. The van der Waals surface area contributed by atoms with E-state index in [-0.39, 0.29) is 37.6 Å². The van der Waals surface area contributed by atoms with Gasteiger partial charge in [0.25, 0.3) is 0 Å². The number of H-pyrrole nitrogens is 1. The predicted molar refractivity (Wildman–Crippen MR) is 120 cm³/mol. The van der Waals surface area contributed by atoms with Gasteiger partial charge in [-0.15, -0.1) is 10.2 Å². The monoisotopic (exact) mass is 494 g/mol. The van der Waals surface area contributed by atoms with Crippen LogP contribution < -0.4 is 39.2 Å². The molecule has 0 radical (unpaired) electrons. The van der Waals surface area contributed by atoms with E-state index >= 15 is 0 Å². The van der Waals surface area contributed by atoms with Gasteiger partial charge in [-0.05, 0) is 48.0 Å². The summed E-state index contributed by atoms with van der Waals surface area (Å²) in [6.45, 7) is 1.39. The molecule has 7 nitrogen and oxygen atoms in total. The summed E-state index contributed by atoms with van der Waals surface area (Å²) in [4.78, 5) is 6.73. The Kier molecular flexibility index (Phi) is 7.51. The second kappa shape index (κ2) is 10.4. The van der Waals surface area contributed by atoms with Gasteiger partial charge in [0.2, 0.25) is 5.82 Å². The molecule has 2 aromatic heterocycles. The number of halogens is 3. The van der Waals surface area contributed by atoms with Gasteiger partial charge < -0.3 is 11.1 Å². The minimum atomic E-state index is -0.403. The van der Waals surface area contributed by atoms with Gasteiger partial charge in [0, 0.05) is 51.6 Å². The van der Waals surface area contributed by atoms with Crippen molar-refractivity contribution in [1.82, 2.24) is 25.6 Å². The summed E-state index contributed by atoms with van der Waals surface area (Å²) >= 11 is 12.1. The van der Waals surface area contributed by atoms with Crippen molar-refractivity contribution >= 4 is 29.0 Å². The molecule has 0 amide bonds. The van der Waals surface area contributed by atoms with Crippen molar-refractivity contribution in [2.75, 3.05) is 11.4 Å². The Hall–Kier alpha value is -2.23. The number of aromatic nitrogens is 5. The minimum absolute atomic E-state index is 0. The molecule has 1 aliphatic heterocycles. The maximum atomic E-state index is 14.1. The normalized spacial score (nSPS) is 12.4. The molecule has 0 saturated carbocycles. The van der Waals surface area contributed by atoms with E-state index < -0.39 is 5.82 Å². The van der Waals surface area contributed by atoms with Crippen molar-refractivity contribution in [1.29, 1.82) is 0 Å². The standard InChI is InChI=1S/C22H17Cl2FN6O.Na.H/c23-15-3-4-20(32-12-13-1-2-16(24)10-19(13)25)14(9-15)11-31-8-6-18-17(5-7-26-22(18)31)21-27-29-30-28-21;;/h1-5,7,9-10H,6,8,11-12H2,(H,27,28,29,30);;/q;+1;-1. The fourth-order valence-corrected chi connectivity index (χ4v) is 4.16. The molecule has 0 bridgehead atoms. The smallest absolute Gasteiger partial charge is 1.00 e. The van der Waals surface area contributed by atoms with Crippen LogP contribution in [0.2, 0.25) is 10.0 Å². The van der Waals surface area contributed by atoms with Crippen molar-refractivity contribution in [3.63, 3.8) is 0 Å². The van der Waals surface area contributed by atoms with Crippen LogP contribution in [0.1, 0.15) is 18.1 Å². The number of ether oxygens (including phenoxy) is 1. The summed E-state index contributed by atoms with van der Waals surface area (Å²) < 4.78 is 20.1. The van der Waals surface area contributed by atoms with Crippen LogP contribution in [0.25, 0.3) is 11.4 Å². The largest absolute Gasteiger partial charge is 1.00 e. The summed E-state index contributed by atoms with van der Waals surface area (Å²) in [5.74, 6) is 1.63. The molecule has 0 atom stereocenters. The third kappa shape index (κ3) is 5.15.